The number of ether oxygens (including phenoxy) is 1. The highest BCUT2D eigenvalue weighted by atomic mass is 32.2. The summed E-state index contributed by atoms with van der Waals surface area (Å²) in [6.07, 6.45) is 3.89. The Bertz CT molecular complexity index is 1190. The van der Waals surface area contributed by atoms with Gasteiger partial charge in [-0.3, -0.25) is 23.8 Å². The molecule has 8 rings (SSSR count). The van der Waals surface area contributed by atoms with E-state index < -0.39 is 0 Å². The number of hydrazine groups is 7. The summed E-state index contributed by atoms with van der Waals surface area (Å²) in [5.41, 5.74) is 0. The first kappa shape index (κ1) is 138. The van der Waals surface area contributed by atoms with E-state index in [9.17, 15) is 0 Å². The normalized spacial score (nSPS) is 18.0. The molecular formula is C81H209N17O3S2. The lowest BCUT2D eigenvalue weighted by Crippen LogP contribution is -2.43. The second-order valence-electron chi connectivity index (χ2n) is 28.5. The second-order valence-corrected chi connectivity index (χ2v) is 30.7. The van der Waals surface area contributed by atoms with Crippen LogP contribution in [0, 0.1) is 41.4 Å². The second kappa shape index (κ2) is 108. The van der Waals surface area contributed by atoms with Crippen LogP contribution in [0.15, 0.2) is 0 Å². The maximum absolute atomic E-state index is 5.02. The highest BCUT2D eigenvalue weighted by Crippen LogP contribution is 2.16. The maximum atomic E-state index is 5.02. The Balaban J connectivity index is -0.0000000616. The van der Waals surface area contributed by atoms with Gasteiger partial charge in [0.2, 0.25) is 0 Å². The van der Waals surface area contributed by atoms with Gasteiger partial charge in [0.25, 0.3) is 0 Å². The molecule has 8 aliphatic heterocycles. The largest absolute Gasteiger partial charge is 0.348 e. The standard InChI is InChI=1S/C7H18N4.C5H13N3.C5H12N2.2C4H10N2O.C4H10N2S.C4H9NO.C4H9NS.7C4H10.8C2H6/c1-7(2)11-6-8(3)9(4)10(11)5;1-6-4-7(2)8(3)5-6;1-6-4-3-5-7(6)2;1-5-3-7-4-6(5)2;1-5-3-6(2)7-4-5;1-5-3-7-4-6(5)2;2*1-5-3-2-4-6-5;7*1-4(2)3;8*1-2/h7H,6H2,1-5H3;4-5H2,1-3H3;3-5H2,1-2H3;3*3-4H2,1-2H3;2*2-4H2,1H3;7*4H,1-3H3;8*1-2H3. The minimum Gasteiger partial charge on any atom is -0.348 e. The van der Waals surface area contributed by atoms with Gasteiger partial charge in [-0.25, -0.2) is 50.1 Å². The van der Waals surface area contributed by atoms with Crippen LogP contribution in [0.3, 0.4) is 0 Å². The molecule has 0 bridgehead atoms. The average Bonchev–Trinajstić information content (AvgIpc) is 1.70. The summed E-state index contributed by atoms with van der Waals surface area (Å²) in [6.45, 7) is 93.8. The van der Waals surface area contributed by atoms with Crippen LogP contribution in [-0.2, 0) is 14.4 Å². The Kier molecular flexibility index (Phi) is 145. The monoisotopic (exact) mass is 1530 g/mol. The molecule has 8 saturated heterocycles. The zero-order chi connectivity index (χ0) is 85.7. The van der Waals surface area contributed by atoms with Crippen molar-refractivity contribution >= 4 is 23.7 Å². The van der Waals surface area contributed by atoms with Crippen LogP contribution in [0.4, 0.5) is 0 Å². The highest BCUT2D eigenvalue weighted by molar-refractivity contribution is 7.99. The molecule has 0 aliphatic carbocycles. The van der Waals surface area contributed by atoms with E-state index in [4.69, 9.17) is 14.4 Å². The zero-order valence-corrected chi connectivity index (χ0v) is 83.6. The number of hydrogen-bond donors (Lipinski definition) is 0. The highest BCUT2D eigenvalue weighted by Gasteiger charge is 2.29. The van der Waals surface area contributed by atoms with E-state index in [1.165, 1.54) is 44.6 Å². The third kappa shape index (κ3) is 141. The SMILES string of the molecule is CC.CC.CC.CC.CC.CC.CC.CC.CC(C)C.CC(C)C.CC(C)C.CC(C)C.CC(C)C.CC(C)C.CC(C)C.CC(C)N1CN(C)N(C)N1C.CN1CCCN1C.CN1CCCO1.CN1CCCS1.CN1CN(C)N(C)C1.CN1COCN1C.CN1CON(C)C1.CN1CSCN1C. The lowest BCUT2D eigenvalue weighted by atomic mass is 10.3. The molecule has 0 aromatic rings. The van der Waals surface area contributed by atoms with E-state index in [1.807, 2.05) is 185 Å². The number of hydroxylamine groups is 4. The van der Waals surface area contributed by atoms with Crippen LogP contribution < -0.4 is 0 Å². The average molecular weight is 1530 g/mol. The van der Waals surface area contributed by atoms with Gasteiger partial charge in [-0.15, -0.1) is 11.8 Å². The molecule has 0 atom stereocenters. The van der Waals surface area contributed by atoms with E-state index in [0.717, 1.165) is 113 Å². The first-order chi connectivity index (χ1) is 47.8. The lowest BCUT2D eigenvalue weighted by Gasteiger charge is -2.29. The predicted molar refractivity (Wildman–Crippen MR) is 481 cm³/mol. The van der Waals surface area contributed by atoms with Crippen LogP contribution in [-0.4, -0.2) is 301 Å². The summed E-state index contributed by atoms with van der Waals surface area (Å²) in [4.78, 5) is 14.3. The molecule has 0 amide bonds. The third-order valence-electron chi connectivity index (χ3n) is 10.3. The molecule has 0 unspecified atom stereocenters. The van der Waals surface area contributed by atoms with Gasteiger partial charge in [0.1, 0.15) is 20.2 Å². The molecule has 648 valence electrons. The van der Waals surface area contributed by atoms with Gasteiger partial charge in [0, 0.05) is 130 Å². The van der Waals surface area contributed by atoms with Crippen molar-refractivity contribution < 1.29 is 14.4 Å². The molecule has 0 radical (unpaired) electrons. The number of rotatable bonds is 1. The van der Waals surface area contributed by atoms with E-state index >= 15 is 0 Å². The van der Waals surface area contributed by atoms with Gasteiger partial charge >= 0.3 is 0 Å². The zero-order valence-electron chi connectivity index (χ0n) is 82.0. The van der Waals surface area contributed by atoms with Crippen molar-refractivity contribution in [2.24, 2.45) is 41.4 Å². The van der Waals surface area contributed by atoms with Crippen LogP contribution in [0.5, 0.6) is 0 Å². The number of thioether (sulfide) groups is 1. The van der Waals surface area contributed by atoms with E-state index in [-0.39, 0.29) is 0 Å². The molecule has 0 aromatic heterocycles. The fourth-order valence-corrected chi connectivity index (χ4v) is 7.71. The van der Waals surface area contributed by atoms with Crippen molar-refractivity contribution in [3.63, 3.8) is 0 Å². The van der Waals surface area contributed by atoms with Gasteiger partial charge < -0.3 is 4.74 Å². The quantitative estimate of drug-likeness (QED) is 0.233. The van der Waals surface area contributed by atoms with E-state index in [2.05, 4.69) is 301 Å². The van der Waals surface area contributed by atoms with Crippen molar-refractivity contribution in [3.05, 3.63) is 0 Å². The summed E-state index contributed by atoms with van der Waals surface area (Å²) in [6, 6.07) is 0.562. The van der Waals surface area contributed by atoms with Gasteiger partial charge in [0.15, 0.2) is 0 Å². The Morgan fingerprint density at radius 3 is 0.680 bits per heavy atom. The fraction of sp³-hybridized carbons (Fsp3) is 1.00. The lowest BCUT2D eigenvalue weighted by molar-refractivity contribution is -0.143. The van der Waals surface area contributed by atoms with Crippen LogP contribution >= 0.6 is 23.7 Å². The Morgan fingerprint density at radius 1 is 0.272 bits per heavy atom. The van der Waals surface area contributed by atoms with Crippen molar-refractivity contribution in [1.82, 2.24) is 84.6 Å². The molecule has 22 heteroatoms. The minimum absolute atomic E-state index is 0.562. The summed E-state index contributed by atoms with van der Waals surface area (Å²) < 4.78 is 7.30. The van der Waals surface area contributed by atoms with E-state index in [0.29, 0.717) is 6.04 Å². The molecule has 103 heavy (non-hydrogen) atoms. The Morgan fingerprint density at radius 2 is 0.592 bits per heavy atom. The molecular weight excluding hydrogens is 1320 g/mol. The van der Waals surface area contributed by atoms with Gasteiger partial charge in [-0.1, -0.05) is 268 Å². The number of nitrogens with zero attached hydrogens (tertiary/aromatic N) is 17. The third-order valence-corrected chi connectivity index (χ3v) is 12.5. The smallest absolute Gasteiger partial charge is 0.122 e. The molecule has 8 heterocycles. The maximum Gasteiger partial charge on any atom is 0.122 e. The fourth-order valence-electron chi connectivity index (χ4n) is 5.87. The number of hydrogen-bond acceptors (Lipinski definition) is 22. The van der Waals surface area contributed by atoms with Crippen LogP contribution in [0.1, 0.15) is 289 Å². The van der Waals surface area contributed by atoms with Gasteiger partial charge in [-0.2, -0.15) is 20.4 Å². The minimum atomic E-state index is 0.562. The van der Waals surface area contributed by atoms with Crippen molar-refractivity contribution in [2.75, 3.05) is 210 Å². The van der Waals surface area contributed by atoms with Gasteiger partial charge in [0.05, 0.1) is 45.0 Å². The molecule has 8 fully saturated rings. The van der Waals surface area contributed by atoms with Crippen LogP contribution in [0.25, 0.3) is 0 Å². The van der Waals surface area contributed by atoms with Crippen molar-refractivity contribution in [3.8, 4) is 0 Å². The predicted octanol–water partition coefficient (Wildman–Crippen LogP) is 20.9. The van der Waals surface area contributed by atoms with Crippen LogP contribution in [0.2, 0.25) is 0 Å². The summed E-state index contributed by atoms with van der Waals surface area (Å²) in [5, 5.41) is 29.6. The molecule has 0 spiro atoms. The first-order valence-electron chi connectivity index (χ1n) is 41.0. The Hall–Kier alpha value is -0.1000. The molecule has 0 aromatic carbocycles. The molecule has 20 nitrogen and oxygen atoms in total. The van der Waals surface area contributed by atoms with Crippen molar-refractivity contribution in [2.45, 2.75) is 295 Å². The van der Waals surface area contributed by atoms with E-state index in [1.54, 1.807) is 5.06 Å². The summed E-state index contributed by atoms with van der Waals surface area (Å²) >= 11 is 3.87. The Labute approximate surface area is 665 Å². The molecule has 8 aliphatic rings. The molecule has 0 saturated carbocycles. The van der Waals surface area contributed by atoms with Gasteiger partial charge in [-0.05, 0) is 95.7 Å². The summed E-state index contributed by atoms with van der Waals surface area (Å²) in [7, 11) is 32.9. The molecule has 0 N–H and O–H groups in total. The summed E-state index contributed by atoms with van der Waals surface area (Å²) in [5.74, 6) is 9.46. The first-order valence-corrected chi connectivity index (χ1v) is 43.1. The van der Waals surface area contributed by atoms with Crippen molar-refractivity contribution in [1.29, 1.82) is 0 Å². The topological polar surface area (TPSA) is 82.8 Å².